The minimum atomic E-state index is 0.763. The molecule has 148 valence electrons. The smallest absolute Gasteiger partial charge is 0.0662 e. The molecule has 0 radical (unpaired) electrons. The van der Waals surface area contributed by atoms with Gasteiger partial charge in [0, 0.05) is 40.6 Å². The van der Waals surface area contributed by atoms with E-state index in [0.717, 1.165) is 41.1 Å². The van der Waals surface area contributed by atoms with Crippen LogP contribution in [0.1, 0.15) is 28.1 Å². The molecule has 0 amide bonds. The molecule has 0 saturated heterocycles. The quantitative estimate of drug-likeness (QED) is 0.441. The van der Waals surface area contributed by atoms with Crippen LogP contribution >= 0.6 is 15.9 Å². The largest absolute Gasteiger partial charge is 0.308 e. The molecule has 0 aliphatic heterocycles. The molecule has 6 heteroatoms. The van der Waals surface area contributed by atoms with E-state index >= 15 is 0 Å². The van der Waals surface area contributed by atoms with Crippen LogP contribution in [-0.2, 0) is 19.6 Å². The fourth-order valence-electron chi connectivity index (χ4n) is 3.42. The summed E-state index contributed by atoms with van der Waals surface area (Å²) in [6, 6.07) is 18.6. The standard InChI is InChI=1S/C23H24BrN5/c1-17-23(18(2)28(27-17)15-19-6-4-3-5-7-19)14-25-12-20-13-26-29(16-20)22-10-8-21(24)9-11-22/h3-11,13,16,25H,12,14-15H2,1-2H3. The van der Waals surface area contributed by atoms with Crippen LogP contribution < -0.4 is 5.32 Å². The summed E-state index contributed by atoms with van der Waals surface area (Å²) >= 11 is 3.46. The van der Waals surface area contributed by atoms with E-state index in [-0.39, 0.29) is 0 Å². The van der Waals surface area contributed by atoms with Gasteiger partial charge in [0.05, 0.1) is 24.1 Å². The molecule has 2 aromatic carbocycles. The van der Waals surface area contributed by atoms with Gasteiger partial charge in [-0.3, -0.25) is 4.68 Å². The van der Waals surface area contributed by atoms with Gasteiger partial charge >= 0.3 is 0 Å². The molecule has 0 atom stereocenters. The summed E-state index contributed by atoms with van der Waals surface area (Å²) in [5.41, 5.74) is 7.02. The summed E-state index contributed by atoms with van der Waals surface area (Å²) in [4.78, 5) is 0. The summed E-state index contributed by atoms with van der Waals surface area (Å²) in [5.74, 6) is 0. The first-order valence-electron chi connectivity index (χ1n) is 9.67. The predicted octanol–water partition coefficient (Wildman–Crippen LogP) is 4.79. The van der Waals surface area contributed by atoms with Crippen molar-refractivity contribution in [1.82, 2.24) is 24.9 Å². The Morgan fingerprint density at radius 1 is 0.931 bits per heavy atom. The first kappa shape index (κ1) is 19.6. The zero-order valence-electron chi connectivity index (χ0n) is 16.6. The van der Waals surface area contributed by atoms with Crippen LogP contribution in [0.25, 0.3) is 5.69 Å². The van der Waals surface area contributed by atoms with E-state index in [1.807, 2.05) is 41.2 Å². The second-order valence-electron chi connectivity index (χ2n) is 7.17. The highest BCUT2D eigenvalue weighted by Crippen LogP contribution is 2.16. The first-order valence-corrected chi connectivity index (χ1v) is 10.5. The Hall–Kier alpha value is -2.70. The number of aromatic nitrogens is 4. The Labute approximate surface area is 179 Å². The zero-order chi connectivity index (χ0) is 20.2. The molecular weight excluding hydrogens is 426 g/mol. The third kappa shape index (κ3) is 4.66. The average molecular weight is 450 g/mol. The van der Waals surface area contributed by atoms with Crippen LogP contribution in [0, 0.1) is 13.8 Å². The number of benzene rings is 2. The number of nitrogens with one attached hydrogen (secondary N) is 1. The van der Waals surface area contributed by atoms with E-state index in [1.165, 1.54) is 16.8 Å². The SMILES string of the molecule is Cc1nn(Cc2ccccc2)c(C)c1CNCc1cnn(-c2ccc(Br)cc2)c1. The summed E-state index contributed by atoms with van der Waals surface area (Å²) < 4.78 is 5.05. The number of hydrogen-bond donors (Lipinski definition) is 1. The van der Waals surface area contributed by atoms with E-state index in [0.29, 0.717) is 0 Å². The van der Waals surface area contributed by atoms with Crippen LogP contribution in [0.15, 0.2) is 71.5 Å². The lowest BCUT2D eigenvalue weighted by molar-refractivity contribution is 0.653. The van der Waals surface area contributed by atoms with Crippen molar-refractivity contribution in [3.05, 3.63) is 99.5 Å². The molecule has 1 N–H and O–H groups in total. The lowest BCUT2D eigenvalue weighted by Crippen LogP contribution is -2.13. The maximum absolute atomic E-state index is 4.74. The number of nitrogens with zero attached hydrogens (tertiary/aromatic N) is 4. The van der Waals surface area contributed by atoms with Gasteiger partial charge in [-0.25, -0.2) is 4.68 Å². The van der Waals surface area contributed by atoms with Crippen molar-refractivity contribution >= 4 is 15.9 Å². The van der Waals surface area contributed by atoms with Gasteiger partial charge in [-0.2, -0.15) is 10.2 Å². The Morgan fingerprint density at radius 2 is 1.69 bits per heavy atom. The lowest BCUT2D eigenvalue weighted by atomic mass is 10.2. The third-order valence-corrected chi connectivity index (χ3v) is 5.59. The molecule has 0 spiro atoms. The molecule has 0 fully saturated rings. The van der Waals surface area contributed by atoms with E-state index in [9.17, 15) is 0 Å². The van der Waals surface area contributed by atoms with Crippen molar-refractivity contribution in [3.63, 3.8) is 0 Å². The molecule has 2 heterocycles. The molecule has 0 aliphatic carbocycles. The normalized spacial score (nSPS) is 11.1. The van der Waals surface area contributed by atoms with Gasteiger partial charge in [0.15, 0.2) is 0 Å². The molecule has 4 rings (SSSR count). The molecule has 0 aliphatic rings. The molecule has 0 bridgehead atoms. The van der Waals surface area contributed by atoms with Crippen LogP contribution in [0.4, 0.5) is 0 Å². The molecule has 5 nitrogen and oxygen atoms in total. The summed E-state index contributed by atoms with van der Waals surface area (Å²) in [6.45, 7) is 6.57. The monoisotopic (exact) mass is 449 g/mol. The van der Waals surface area contributed by atoms with Gasteiger partial charge in [0.25, 0.3) is 0 Å². The number of hydrogen-bond acceptors (Lipinski definition) is 3. The minimum absolute atomic E-state index is 0.763. The van der Waals surface area contributed by atoms with E-state index in [1.54, 1.807) is 0 Å². The van der Waals surface area contributed by atoms with Gasteiger partial charge in [-0.1, -0.05) is 46.3 Å². The molecular formula is C23H24BrN5. The Balaban J connectivity index is 1.38. The third-order valence-electron chi connectivity index (χ3n) is 5.06. The Morgan fingerprint density at radius 3 is 2.45 bits per heavy atom. The average Bonchev–Trinajstić information content (AvgIpc) is 3.29. The van der Waals surface area contributed by atoms with Crippen molar-refractivity contribution in [2.24, 2.45) is 0 Å². The fourth-order valence-corrected chi connectivity index (χ4v) is 3.68. The highest BCUT2D eigenvalue weighted by atomic mass is 79.9. The van der Waals surface area contributed by atoms with Crippen molar-refractivity contribution in [1.29, 1.82) is 0 Å². The van der Waals surface area contributed by atoms with E-state index in [2.05, 4.69) is 75.3 Å². The Bertz CT molecular complexity index is 1080. The second kappa shape index (κ2) is 8.76. The van der Waals surface area contributed by atoms with Crippen LogP contribution in [0.2, 0.25) is 0 Å². The van der Waals surface area contributed by atoms with Crippen LogP contribution in [0.3, 0.4) is 0 Å². The Kier molecular flexibility index (Phi) is 5.92. The molecule has 0 saturated carbocycles. The fraction of sp³-hybridized carbons (Fsp3) is 0.217. The maximum Gasteiger partial charge on any atom is 0.0662 e. The molecule has 4 aromatic rings. The molecule has 0 unspecified atom stereocenters. The van der Waals surface area contributed by atoms with Crippen molar-refractivity contribution in [3.8, 4) is 5.69 Å². The van der Waals surface area contributed by atoms with Crippen molar-refractivity contribution < 1.29 is 0 Å². The number of rotatable bonds is 7. The highest BCUT2D eigenvalue weighted by Gasteiger charge is 2.11. The predicted molar refractivity (Wildman–Crippen MR) is 119 cm³/mol. The van der Waals surface area contributed by atoms with Crippen molar-refractivity contribution in [2.75, 3.05) is 0 Å². The lowest BCUT2D eigenvalue weighted by Gasteiger charge is -2.07. The van der Waals surface area contributed by atoms with Gasteiger partial charge in [0.1, 0.15) is 0 Å². The number of halogens is 1. The minimum Gasteiger partial charge on any atom is -0.308 e. The zero-order valence-corrected chi connectivity index (χ0v) is 18.2. The topological polar surface area (TPSA) is 47.7 Å². The van der Waals surface area contributed by atoms with E-state index < -0.39 is 0 Å². The second-order valence-corrected chi connectivity index (χ2v) is 8.08. The maximum atomic E-state index is 4.74. The first-order chi connectivity index (χ1) is 14.1. The summed E-state index contributed by atoms with van der Waals surface area (Å²) in [6.07, 6.45) is 3.97. The highest BCUT2D eigenvalue weighted by molar-refractivity contribution is 9.10. The van der Waals surface area contributed by atoms with Crippen molar-refractivity contribution in [2.45, 2.75) is 33.5 Å². The van der Waals surface area contributed by atoms with Gasteiger partial charge in [-0.15, -0.1) is 0 Å². The summed E-state index contributed by atoms with van der Waals surface area (Å²) in [5, 5.41) is 12.7. The van der Waals surface area contributed by atoms with E-state index in [4.69, 9.17) is 5.10 Å². The number of aryl methyl sites for hydroxylation is 1. The molecule has 29 heavy (non-hydrogen) atoms. The summed E-state index contributed by atoms with van der Waals surface area (Å²) in [7, 11) is 0. The van der Waals surface area contributed by atoms with Crippen LogP contribution in [-0.4, -0.2) is 19.6 Å². The molecule has 2 aromatic heterocycles. The van der Waals surface area contributed by atoms with Gasteiger partial charge in [-0.05, 0) is 43.7 Å². The van der Waals surface area contributed by atoms with Gasteiger partial charge in [0.2, 0.25) is 0 Å². The van der Waals surface area contributed by atoms with Crippen LogP contribution in [0.5, 0.6) is 0 Å². The van der Waals surface area contributed by atoms with Gasteiger partial charge < -0.3 is 5.32 Å².